The van der Waals surface area contributed by atoms with E-state index in [1.54, 1.807) is 0 Å². The van der Waals surface area contributed by atoms with Crippen molar-refractivity contribution in [2.75, 3.05) is 46.0 Å². The Kier molecular flexibility index (Phi) is 7.21. The zero-order valence-corrected chi connectivity index (χ0v) is 16.9. The van der Waals surface area contributed by atoms with Crippen LogP contribution < -0.4 is 0 Å². The number of carbonyl (C=O) groups excluding carboxylic acids is 1. The van der Waals surface area contributed by atoms with Crippen LogP contribution >= 0.6 is 0 Å². The Morgan fingerprint density at radius 2 is 1.52 bits per heavy atom. The average Bonchev–Trinajstić information content (AvgIpc) is 3.48. The van der Waals surface area contributed by atoms with E-state index in [-0.39, 0.29) is 17.0 Å². The molecule has 31 heavy (non-hydrogen) atoms. The van der Waals surface area contributed by atoms with Crippen LogP contribution in [0.2, 0.25) is 0 Å². The maximum atomic E-state index is 13.9. The van der Waals surface area contributed by atoms with Gasteiger partial charge in [-0.3, -0.25) is 9.39 Å². The Balaban J connectivity index is 2.00. The lowest BCUT2D eigenvalue weighted by Crippen LogP contribution is -2.64. The largest absolute Gasteiger partial charge is 0.461 e. The Morgan fingerprint density at radius 1 is 1.00 bits per heavy atom. The molecular weight excluding hydrogens is 494 g/mol. The third-order valence-corrected chi connectivity index (χ3v) is 6.97. The monoisotopic (exact) mass is 510 g/mol. The molecule has 0 aliphatic carbocycles. The first-order chi connectivity index (χ1) is 13.9. The van der Waals surface area contributed by atoms with Gasteiger partial charge >= 0.3 is 32.5 Å². The van der Waals surface area contributed by atoms with Crippen molar-refractivity contribution in [2.45, 2.75) is 22.5 Å². The molecule has 0 radical (unpaired) electrons. The van der Waals surface area contributed by atoms with Gasteiger partial charge in [0.25, 0.3) is 10.0 Å². The molecule has 2 aliphatic rings. The van der Waals surface area contributed by atoms with Gasteiger partial charge < -0.3 is 9.47 Å². The van der Waals surface area contributed by atoms with Crippen molar-refractivity contribution >= 4 is 26.1 Å². The molecule has 1 N–H and O–H groups in total. The second-order valence-electron chi connectivity index (χ2n) is 6.33. The topological polar surface area (TPSA) is 143 Å². The van der Waals surface area contributed by atoms with Crippen LogP contribution in [-0.2, 0) is 39.2 Å². The van der Waals surface area contributed by atoms with Gasteiger partial charge in [-0.25, -0.2) is 13.2 Å². The van der Waals surface area contributed by atoms with Gasteiger partial charge in [0.1, 0.15) is 12.7 Å². The minimum absolute atomic E-state index is 0.0221. The molecule has 0 bridgehead atoms. The molecule has 0 aromatic heterocycles. The molecule has 0 aromatic carbocycles. The summed E-state index contributed by atoms with van der Waals surface area (Å²) in [5.41, 5.74) is 0. The Bertz CT molecular complexity index is 886. The summed E-state index contributed by atoms with van der Waals surface area (Å²) in [7, 11) is -13.6. The highest BCUT2D eigenvalue weighted by molar-refractivity contribution is 7.90. The van der Waals surface area contributed by atoms with Gasteiger partial charge in [0.2, 0.25) is 0 Å². The Labute approximate surface area is 171 Å². The first-order valence-corrected chi connectivity index (χ1v) is 11.1. The normalized spacial score (nSPS) is 22.4. The van der Waals surface area contributed by atoms with E-state index >= 15 is 0 Å². The number of hydrogen-bond acceptors (Lipinski definition) is 9. The molecule has 2 aliphatic heterocycles. The van der Waals surface area contributed by atoms with Crippen molar-refractivity contribution in [2.24, 2.45) is 0 Å². The number of alkyl halides is 6. The smallest absolute Gasteiger partial charge is 0.439 e. The van der Waals surface area contributed by atoms with Crippen molar-refractivity contribution in [3.8, 4) is 0 Å². The molecule has 0 aromatic rings. The molecule has 1 atom stereocenters. The molecule has 0 amide bonds. The first-order valence-electron chi connectivity index (χ1n) is 8.20. The van der Waals surface area contributed by atoms with Crippen molar-refractivity contribution in [3.63, 3.8) is 0 Å². The maximum absolute atomic E-state index is 13.9. The maximum Gasteiger partial charge on any atom is 0.439 e. The molecule has 19 heteroatoms. The van der Waals surface area contributed by atoms with E-state index in [0.29, 0.717) is 6.61 Å². The van der Waals surface area contributed by atoms with Crippen LogP contribution in [0.15, 0.2) is 0 Å². The predicted molar refractivity (Wildman–Crippen MR) is 85.1 cm³/mol. The van der Waals surface area contributed by atoms with Crippen LogP contribution in [0.3, 0.4) is 0 Å². The van der Waals surface area contributed by atoms with Crippen LogP contribution in [0.25, 0.3) is 0 Å². The fourth-order valence-corrected chi connectivity index (χ4v) is 4.17. The second-order valence-corrected chi connectivity index (χ2v) is 9.77. The van der Waals surface area contributed by atoms with E-state index in [9.17, 15) is 48.0 Å². The molecule has 11 nitrogen and oxygen atoms in total. The highest BCUT2D eigenvalue weighted by Crippen LogP contribution is 2.51. The standard InChI is InChI=1S/C12H16F6N2O9S2/c13-10(14,12(17,18)31(24,25)26)11(15,16)30(22,23)20-3-1-19(2-4-20)29-7-9(21)28-6-8-5-27-8/h8H,1-7H2,(H,24,25,26). The van der Waals surface area contributed by atoms with Crippen LogP contribution in [-0.4, -0.2) is 105 Å². The summed E-state index contributed by atoms with van der Waals surface area (Å²) in [6, 6.07) is 0. The van der Waals surface area contributed by atoms with Crippen LogP contribution in [0.4, 0.5) is 26.3 Å². The van der Waals surface area contributed by atoms with Crippen molar-refractivity contribution < 1.29 is 66.8 Å². The van der Waals surface area contributed by atoms with Gasteiger partial charge in [-0.15, -0.1) is 0 Å². The van der Waals surface area contributed by atoms with Gasteiger partial charge in [0, 0.05) is 26.2 Å². The zero-order chi connectivity index (χ0) is 23.9. The highest BCUT2D eigenvalue weighted by Gasteiger charge is 2.82. The zero-order valence-electron chi connectivity index (χ0n) is 15.2. The Morgan fingerprint density at radius 3 is 1.97 bits per heavy atom. The summed E-state index contributed by atoms with van der Waals surface area (Å²) in [5, 5.41) is -12.5. The molecule has 0 saturated carbocycles. The first kappa shape index (κ1) is 26.0. The summed E-state index contributed by atoms with van der Waals surface area (Å²) in [6.07, 6.45) is -0.217. The van der Waals surface area contributed by atoms with Crippen molar-refractivity contribution in [3.05, 3.63) is 0 Å². The molecule has 2 fully saturated rings. The molecule has 0 spiro atoms. The SMILES string of the molecule is O=C(CON1CCN(S(=O)(=O)C(F)(F)C(F)(F)C(F)(F)S(=O)(=O)O)CC1)OCC1CO1. The minimum Gasteiger partial charge on any atom is -0.461 e. The van der Waals surface area contributed by atoms with Gasteiger partial charge in [-0.2, -0.15) is 44.1 Å². The number of sulfonamides is 1. The second kappa shape index (κ2) is 8.60. The minimum atomic E-state index is -7.09. The molecule has 182 valence electrons. The van der Waals surface area contributed by atoms with Crippen molar-refractivity contribution in [1.29, 1.82) is 0 Å². The van der Waals surface area contributed by atoms with E-state index in [1.165, 1.54) is 0 Å². The fourth-order valence-electron chi connectivity index (χ4n) is 2.23. The number of piperazine rings is 1. The number of rotatable bonds is 10. The van der Waals surface area contributed by atoms with E-state index in [2.05, 4.69) is 0 Å². The fraction of sp³-hybridized carbons (Fsp3) is 0.917. The number of nitrogens with zero attached hydrogens (tertiary/aromatic N) is 2. The van der Waals surface area contributed by atoms with E-state index in [4.69, 9.17) is 18.9 Å². The van der Waals surface area contributed by atoms with Crippen molar-refractivity contribution in [1.82, 2.24) is 9.37 Å². The molecular formula is C12H16F6N2O9S2. The summed E-state index contributed by atoms with van der Waals surface area (Å²) in [4.78, 5) is 16.3. The van der Waals surface area contributed by atoms with Gasteiger partial charge in [0.05, 0.1) is 6.61 Å². The lowest BCUT2D eigenvalue weighted by atomic mass is 10.3. The van der Waals surface area contributed by atoms with Crippen LogP contribution in [0, 0.1) is 0 Å². The third-order valence-electron chi connectivity index (χ3n) is 4.11. The van der Waals surface area contributed by atoms with Crippen LogP contribution in [0.5, 0.6) is 0 Å². The number of carbonyl (C=O) groups is 1. The number of halogens is 6. The molecule has 2 rings (SSSR count). The van der Waals surface area contributed by atoms with Gasteiger partial charge in [-0.05, 0) is 0 Å². The summed E-state index contributed by atoms with van der Waals surface area (Å²) < 4.78 is 144. The van der Waals surface area contributed by atoms with Gasteiger partial charge in [-0.1, -0.05) is 0 Å². The van der Waals surface area contributed by atoms with Gasteiger partial charge in [0.15, 0.2) is 6.61 Å². The number of hydrogen-bond donors (Lipinski definition) is 1. The summed E-state index contributed by atoms with van der Waals surface area (Å²) in [6.45, 7) is -3.21. The lowest BCUT2D eigenvalue weighted by molar-refractivity contribution is -0.247. The van der Waals surface area contributed by atoms with E-state index < -0.39 is 75.3 Å². The third kappa shape index (κ3) is 5.06. The summed E-state index contributed by atoms with van der Waals surface area (Å²) in [5.74, 6) is -7.83. The van der Waals surface area contributed by atoms with Crippen LogP contribution in [0.1, 0.15) is 0 Å². The lowest BCUT2D eigenvalue weighted by Gasteiger charge is -2.37. The molecule has 1 unspecified atom stereocenters. The number of esters is 1. The summed E-state index contributed by atoms with van der Waals surface area (Å²) >= 11 is 0. The van der Waals surface area contributed by atoms with E-state index in [0.717, 1.165) is 5.06 Å². The Hall–Kier alpha value is -1.25. The highest BCUT2D eigenvalue weighted by atomic mass is 32.2. The number of epoxide rings is 1. The average molecular weight is 510 g/mol. The predicted octanol–water partition coefficient (Wildman–Crippen LogP) is -0.484. The number of hydroxylamine groups is 2. The number of ether oxygens (including phenoxy) is 2. The quantitative estimate of drug-likeness (QED) is 0.177. The molecule has 2 heterocycles. The molecule has 2 saturated heterocycles. The van der Waals surface area contributed by atoms with E-state index in [1.807, 2.05) is 0 Å².